The van der Waals surface area contributed by atoms with Crippen molar-refractivity contribution >= 4 is 130 Å². The molecule has 0 rings (SSSR count). The van der Waals surface area contributed by atoms with Crippen molar-refractivity contribution in [1.29, 1.82) is 0 Å². The van der Waals surface area contributed by atoms with Crippen molar-refractivity contribution in [3.05, 3.63) is 0 Å². The first-order chi connectivity index (χ1) is 44.2. The monoisotopic (exact) mass is 1440 g/mol. The topological polar surface area (TPSA) is 239 Å². The van der Waals surface area contributed by atoms with Gasteiger partial charge < -0.3 is 20.1 Å². The molecule has 0 spiro atoms. The molecular formula is C75H149N11O7S4. The number of Topliss-reactive ketones (excluding diaryl/α,β-unsaturated/α-hetero) is 2. The van der Waals surface area contributed by atoms with Crippen LogP contribution in [0.25, 0.3) is 0 Å². The number of hydrogen-bond donors (Lipinski definition) is 2. The second-order valence-electron chi connectivity index (χ2n) is 28.0. The molecule has 2 N–H and O–H groups in total. The lowest BCUT2D eigenvalue weighted by molar-refractivity contribution is -0.145. The number of ketones is 2. The second kappa shape index (κ2) is 73.0. The predicted octanol–water partition coefficient (Wildman–Crippen LogP) is 17.7. The Kier molecular flexibility index (Phi) is 83.8. The van der Waals surface area contributed by atoms with Gasteiger partial charge in [-0.05, 0) is 221 Å². The third-order valence-corrected chi connectivity index (χ3v) is 13.0. The van der Waals surface area contributed by atoms with Crippen LogP contribution < -0.4 is 10.6 Å². The highest BCUT2D eigenvalue weighted by Crippen LogP contribution is 2.04. The Balaban J connectivity index is -0.000000128. The highest BCUT2D eigenvalue weighted by molar-refractivity contribution is 7.91. The summed E-state index contributed by atoms with van der Waals surface area (Å²) in [5.74, 6) is 2.73. The maximum atomic E-state index is 11.1. The van der Waals surface area contributed by atoms with E-state index in [9.17, 15) is 22.8 Å². The fourth-order valence-electron chi connectivity index (χ4n) is 5.28. The van der Waals surface area contributed by atoms with Gasteiger partial charge in [0.1, 0.15) is 19.0 Å². The zero-order chi connectivity index (χ0) is 78.2. The molecule has 0 aromatic rings. The molecule has 0 unspecified atom stereocenters. The Morgan fingerprint density at radius 3 is 0.969 bits per heavy atom. The van der Waals surface area contributed by atoms with Gasteiger partial charge in [0.2, 0.25) is 0 Å². The maximum Gasteiger partial charge on any atom is 0.327 e. The molecule has 0 bridgehead atoms. The summed E-state index contributed by atoms with van der Waals surface area (Å²) in [6.45, 7) is 77.3. The van der Waals surface area contributed by atoms with Crippen molar-refractivity contribution in [2.24, 2.45) is 68.6 Å². The smallest absolute Gasteiger partial charge is 0.327 e. The van der Waals surface area contributed by atoms with Gasteiger partial charge in [-0.3, -0.25) is 59.3 Å². The normalized spacial score (nSPS) is 10.1. The Labute approximate surface area is 613 Å². The lowest BCUT2D eigenvalue weighted by atomic mass is 10.1. The van der Waals surface area contributed by atoms with E-state index < -0.39 is 9.84 Å². The quantitative estimate of drug-likeness (QED) is 0.0354. The summed E-state index contributed by atoms with van der Waals surface area (Å²) in [5.41, 5.74) is 9.22. The van der Waals surface area contributed by atoms with E-state index in [1.165, 1.54) is 24.3 Å². The fraction of sp³-hybridized carbons (Fsp3) is 0.800. The number of hydrogen-bond acceptors (Lipinski definition) is 21. The first-order valence-corrected chi connectivity index (χ1v) is 37.6. The molecule has 570 valence electrons. The number of esters is 1. The van der Waals surface area contributed by atoms with Crippen LogP contribution in [-0.2, 0) is 33.7 Å². The van der Waals surface area contributed by atoms with Crippen LogP contribution in [0.3, 0.4) is 0 Å². The van der Waals surface area contributed by atoms with E-state index in [2.05, 4.69) is 111 Å². The number of rotatable bonds is 33. The van der Waals surface area contributed by atoms with E-state index in [1.54, 1.807) is 27.7 Å². The Bertz CT molecular complexity index is 2230. The molecule has 0 amide bonds. The molecule has 0 saturated carbocycles. The van der Waals surface area contributed by atoms with Crippen molar-refractivity contribution in [3.63, 3.8) is 0 Å². The van der Waals surface area contributed by atoms with Crippen molar-refractivity contribution in [2.75, 3.05) is 71.3 Å². The van der Waals surface area contributed by atoms with Gasteiger partial charge in [-0.2, -0.15) is 0 Å². The van der Waals surface area contributed by atoms with Gasteiger partial charge >= 0.3 is 5.97 Å². The largest absolute Gasteiger partial charge is 0.482 e. The molecule has 0 aromatic heterocycles. The zero-order valence-corrected chi connectivity index (χ0v) is 72.1. The molecule has 0 saturated heterocycles. The predicted molar refractivity (Wildman–Crippen MR) is 446 cm³/mol. The van der Waals surface area contributed by atoms with Gasteiger partial charge in [0.25, 0.3) is 0 Å². The minimum Gasteiger partial charge on any atom is -0.482 e. The summed E-state index contributed by atoms with van der Waals surface area (Å²) in [6, 6.07) is 0.857. The van der Waals surface area contributed by atoms with Crippen molar-refractivity contribution in [2.45, 2.75) is 304 Å². The molecular weight excluding hydrogens is 1300 g/mol. The Morgan fingerprint density at radius 1 is 0.351 bits per heavy atom. The highest BCUT2D eigenvalue weighted by atomic mass is 32.2. The molecule has 0 radical (unpaired) electrons. The van der Waals surface area contributed by atoms with Gasteiger partial charge in [0.15, 0.2) is 26.5 Å². The number of sulfone groups is 1. The van der Waals surface area contributed by atoms with Gasteiger partial charge in [-0.1, -0.05) is 108 Å². The molecule has 0 aliphatic carbocycles. The van der Waals surface area contributed by atoms with Gasteiger partial charge in [-0.25, -0.2) is 8.42 Å². The molecule has 0 fully saturated rings. The molecule has 0 aliphatic rings. The van der Waals surface area contributed by atoms with Crippen LogP contribution in [0.4, 0.5) is 0 Å². The average Bonchev–Trinajstić information content (AvgIpc) is 1.86. The molecule has 0 atom stereocenters. The molecule has 0 heterocycles. The minimum absolute atomic E-state index is 0.0464. The first-order valence-electron chi connectivity index (χ1n) is 34.7. The number of nitrogens with zero attached hydrogens (tertiary/aromatic N) is 9. The number of carbonyl (C=O) groups excluding carboxylic acids is 3. The van der Waals surface area contributed by atoms with Crippen LogP contribution in [0.2, 0.25) is 0 Å². The van der Waals surface area contributed by atoms with Gasteiger partial charge in [0.05, 0.1) is 50.2 Å². The molecule has 97 heavy (non-hydrogen) atoms. The van der Waals surface area contributed by atoms with Crippen LogP contribution in [0.15, 0.2) is 44.9 Å². The highest BCUT2D eigenvalue weighted by Gasteiger charge is 2.14. The van der Waals surface area contributed by atoms with Crippen LogP contribution in [0.1, 0.15) is 275 Å². The Morgan fingerprint density at radius 2 is 0.660 bits per heavy atom. The second-order valence-corrected chi connectivity index (χ2v) is 32.2. The molecule has 18 nitrogen and oxygen atoms in total. The van der Waals surface area contributed by atoms with E-state index in [1.807, 2.05) is 166 Å². The van der Waals surface area contributed by atoms with Crippen LogP contribution in [0.5, 0.6) is 0 Å². The van der Waals surface area contributed by atoms with Gasteiger partial charge in [-0.15, -0.1) is 0 Å². The summed E-state index contributed by atoms with van der Waals surface area (Å²) in [7, 11) is -2.98. The molecule has 22 heteroatoms. The van der Waals surface area contributed by atoms with Crippen LogP contribution in [0, 0.1) is 23.7 Å². The zero-order valence-electron chi connectivity index (χ0n) is 68.8. The summed E-state index contributed by atoms with van der Waals surface area (Å²) in [5, 5.41) is 6.55. The van der Waals surface area contributed by atoms with Crippen molar-refractivity contribution in [1.82, 2.24) is 10.6 Å². The van der Waals surface area contributed by atoms with E-state index >= 15 is 0 Å². The van der Waals surface area contributed by atoms with Crippen LogP contribution in [-0.4, -0.2) is 193 Å². The summed E-state index contributed by atoms with van der Waals surface area (Å²) < 4.78 is 32.3. The summed E-state index contributed by atoms with van der Waals surface area (Å²) >= 11 is 15.2. The number of carbonyl (C=O) groups is 3. The fourth-order valence-corrected chi connectivity index (χ4v) is 6.82. The lowest BCUT2D eigenvalue weighted by Gasteiger charge is -2.08. The third-order valence-electron chi connectivity index (χ3n) is 10.3. The van der Waals surface area contributed by atoms with Crippen molar-refractivity contribution < 1.29 is 32.3 Å². The summed E-state index contributed by atoms with van der Waals surface area (Å²) in [6.07, 6.45) is 4.21. The maximum absolute atomic E-state index is 11.1. The van der Waals surface area contributed by atoms with Gasteiger partial charge in [0, 0.05) is 99.3 Å². The average molecular weight is 1450 g/mol. The standard InChI is InChI=1S/C9H18N2O.C9H18N2S.C9H17NO.C9H17NS.C8H15NO2.C8H15NOS.2C8H17N.C7H15NO2S/c2*1-7(2)10-5-9(12)6-11-8(3)4;2*1-7(2)5-9(11)6-10-8(3)4;1-6(2)9-5-8(10)11-7(3)4;1-6(2)9-5-8(11)10-7(3)4;2*1-7(2)5-6-9-8(3)4;1-6(2)8-5-11(9,10)7(3)4/h2*7,10H,5-6H2,1-4H3;2*7H,5-6H2,1-4H3;2*7H,5H2,1-4H3;2*7H,5-6H2,1-4H3;7H,5H2,1-4H3. The van der Waals surface area contributed by atoms with Crippen molar-refractivity contribution in [3.8, 4) is 0 Å². The SMILES string of the molecule is CC(C)=NCC(=O)CC(C)C.CC(C)=NCC(=O)CNC(C)C.CC(C)=NCC(=O)OC(C)C.CC(C)=NCC(=S)CC(C)C.CC(C)=NCC(=S)CNC(C)C.CC(C)=NCC(=S)OC(C)C.CC(C)=NCCC(C)C.CC(C)=NCCC(C)C.CC(C)=NCS(=O)(=O)C(C)C. The van der Waals surface area contributed by atoms with E-state index in [4.69, 9.17) is 46.1 Å². The van der Waals surface area contributed by atoms with E-state index in [0.29, 0.717) is 68.1 Å². The van der Waals surface area contributed by atoms with E-state index in [-0.39, 0.29) is 47.4 Å². The summed E-state index contributed by atoms with van der Waals surface area (Å²) in [4.78, 5) is 72.0. The number of nitrogens with one attached hydrogen (secondary N) is 2. The lowest BCUT2D eigenvalue weighted by Crippen LogP contribution is -2.30. The van der Waals surface area contributed by atoms with Crippen LogP contribution >= 0.6 is 36.7 Å². The molecule has 0 aromatic carbocycles. The third kappa shape index (κ3) is 129. The number of thiocarbonyl (C=S) groups is 3. The van der Waals surface area contributed by atoms with E-state index in [0.717, 1.165) is 94.1 Å². The molecule has 0 aliphatic heterocycles. The Hall–Kier alpha value is -4.22. The first kappa shape index (κ1) is 111. The number of aliphatic imine (C=N–C) groups is 9. The number of ether oxygens (including phenoxy) is 2. The minimum atomic E-state index is -2.98.